The predicted octanol–water partition coefficient (Wildman–Crippen LogP) is 4.57. The standard InChI is InChI=1S/C26H25N3O4/c1-31-23-13-17(14-24(32-2)26(23)33-3)25(30)22-12-18(16-5-4-6-20(28)11-16)15-29(22)21-9-7-19(27)8-10-21/h4-15H,27-28H2,1-3H3. The number of nitrogens with zero attached hydrogens (tertiary/aromatic N) is 1. The summed E-state index contributed by atoms with van der Waals surface area (Å²) in [5, 5.41) is 0. The van der Waals surface area contributed by atoms with Crippen molar-refractivity contribution in [2.24, 2.45) is 0 Å². The highest BCUT2D eigenvalue weighted by atomic mass is 16.5. The van der Waals surface area contributed by atoms with Crippen LogP contribution in [0.15, 0.2) is 72.9 Å². The number of ether oxygens (including phenoxy) is 3. The van der Waals surface area contributed by atoms with E-state index in [2.05, 4.69) is 0 Å². The van der Waals surface area contributed by atoms with Crippen LogP contribution in [0, 0.1) is 0 Å². The summed E-state index contributed by atoms with van der Waals surface area (Å²) in [6.45, 7) is 0. The number of nitrogen functional groups attached to an aromatic ring is 2. The molecule has 4 aromatic rings. The van der Waals surface area contributed by atoms with Gasteiger partial charge in [-0.25, -0.2) is 0 Å². The zero-order valence-corrected chi connectivity index (χ0v) is 18.7. The molecule has 0 aliphatic heterocycles. The van der Waals surface area contributed by atoms with Crippen molar-refractivity contribution in [2.75, 3.05) is 32.8 Å². The Bertz CT molecular complexity index is 1280. The van der Waals surface area contributed by atoms with Gasteiger partial charge in [0.1, 0.15) is 0 Å². The summed E-state index contributed by atoms with van der Waals surface area (Å²) in [7, 11) is 4.55. The Morgan fingerprint density at radius 1 is 0.758 bits per heavy atom. The molecule has 0 amide bonds. The Morgan fingerprint density at radius 3 is 2.00 bits per heavy atom. The lowest BCUT2D eigenvalue weighted by Crippen LogP contribution is -2.09. The second-order valence-corrected chi connectivity index (χ2v) is 7.44. The number of carbonyl (C=O) groups excluding carboxylic acids is 1. The fourth-order valence-corrected chi connectivity index (χ4v) is 3.72. The van der Waals surface area contributed by atoms with Crippen LogP contribution >= 0.6 is 0 Å². The fourth-order valence-electron chi connectivity index (χ4n) is 3.72. The molecule has 7 nitrogen and oxygen atoms in total. The molecule has 0 spiro atoms. The summed E-state index contributed by atoms with van der Waals surface area (Å²) >= 11 is 0. The number of aromatic nitrogens is 1. The van der Waals surface area contributed by atoms with Gasteiger partial charge in [-0.1, -0.05) is 12.1 Å². The Hall–Kier alpha value is -4.39. The van der Waals surface area contributed by atoms with E-state index in [1.54, 1.807) is 24.3 Å². The molecule has 3 aromatic carbocycles. The van der Waals surface area contributed by atoms with Crippen LogP contribution in [0.2, 0.25) is 0 Å². The van der Waals surface area contributed by atoms with Crippen LogP contribution in [0.5, 0.6) is 17.2 Å². The highest BCUT2D eigenvalue weighted by molar-refractivity contribution is 6.09. The highest BCUT2D eigenvalue weighted by Gasteiger charge is 2.22. The second-order valence-electron chi connectivity index (χ2n) is 7.44. The molecule has 4 rings (SSSR count). The molecule has 0 bridgehead atoms. The number of ketones is 1. The van der Waals surface area contributed by atoms with Gasteiger partial charge in [0.05, 0.1) is 27.0 Å². The Kier molecular flexibility index (Phi) is 5.95. The van der Waals surface area contributed by atoms with E-state index in [4.69, 9.17) is 25.7 Å². The number of hydrogen-bond acceptors (Lipinski definition) is 6. The van der Waals surface area contributed by atoms with E-state index < -0.39 is 0 Å². The van der Waals surface area contributed by atoms with E-state index in [1.165, 1.54) is 21.3 Å². The molecule has 0 unspecified atom stereocenters. The lowest BCUT2D eigenvalue weighted by Gasteiger charge is -2.14. The third kappa shape index (κ3) is 4.21. The fraction of sp³-hybridized carbons (Fsp3) is 0.115. The van der Waals surface area contributed by atoms with Gasteiger partial charge in [-0.05, 0) is 60.2 Å². The van der Waals surface area contributed by atoms with Gasteiger partial charge in [-0.15, -0.1) is 0 Å². The van der Waals surface area contributed by atoms with Crippen molar-refractivity contribution in [3.8, 4) is 34.1 Å². The summed E-state index contributed by atoms with van der Waals surface area (Å²) in [6.07, 6.45) is 1.91. The van der Waals surface area contributed by atoms with E-state index in [9.17, 15) is 4.79 Å². The van der Waals surface area contributed by atoms with Crippen LogP contribution in [0.25, 0.3) is 16.8 Å². The SMILES string of the molecule is COc1cc(C(=O)c2cc(-c3cccc(N)c3)cn2-c2ccc(N)cc2)cc(OC)c1OC. The normalized spacial score (nSPS) is 10.6. The summed E-state index contributed by atoms with van der Waals surface area (Å²) in [5.41, 5.74) is 16.6. The molecule has 0 atom stereocenters. The van der Waals surface area contributed by atoms with Crippen LogP contribution in [0.4, 0.5) is 11.4 Å². The van der Waals surface area contributed by atoms with Gasteiger partial charge in [0.25, 0.3) is 0 Å². The molecule has 7 heteroatoms. The van der Waals surface area contributed by atoms with Gasteiger partial charge in [-0.3, -0.25) is 4.79 Å². The van der Waals surface area contributed by atoms with Crippen molar-refractivity contribution in [3.05, 3.63) is 84.2 Å². The topological polar surface area (TPSA) is 102 Å². The number of hydrogen-bond donors (Lipinski definition) is 2. The minimum absolute atomic E-state index is 0.207. The summed E-state index contributed by atoms with van der Waals surface area (Å²) in [5.74, 6) is 1.02. The summed E-state index contributed by atoms with van der Waals surface area (Å²) in [4.78, 5) is 13.7. The van der Waals surface area contributed by atoms with Crippen LogP contribution in [-0.4, -0.2) is 31.7 Å². The van der Waals surface area contributed by atoms with Crippen LogP contribution in [0.1, 0.15) is 16.1 Å². The van der Waals surface area contributed by atoms with E-state index in [1.807, 2.05) is 53.2 Å². The molecule has 0 saturated heterocycles. The van der Waals surface area contributed by atoms with Gasteiger partial charge >= 0.3 is 0 Å². The van der Waals surface area contributed by atoms with Crippen molar-refractivity contribution in [3.63, 3.8) is 0 Å². The maximum Gasteiger partial charge on any atom is 0.210 e. The monoisotopic (exact) mass is 443 g/mol. The quantitative estimate of drug-likeness (QED) is 0.321. The first-order chi connectivity index (χ1) is 15.9. The minimum atomic E-state index is -0.207. The van der Waals surface area contributed by atoms with Crippen molar-refractivity contribution in [1.29, 1.82) is 0 Å². The Morgan fingerprint density at radius 2 is 1.42 bits per heavy atom. The first-order valence-electron chi connectivity index (χ1n) is 10.2. The molecule has 4 N–H and O–H groups in total. The van der Waals surface area contributed by atoms with Crippen LogP contribution in [0.3, 0.4) is 0 Å². The first-order valence-corrected chi connectivity index (χ1v) is 10.2. The predicted molar refractivity (Wildman–Crippen MR) is 130 cm³/mol. The molecule has 1 heterocycles. The van der Waals surface area contributed by atoms with E-state index in [-0.39, 0.29) is 5.78 Å². The molecule has 0 saturated carbocycles. The maximum absolute atomic E-state index is 13.7. The second kappa shape index (κ2) is 9.00. The molecular weight excluding hydrogens is 418 g/mol. The molecule has 33 heavy (non-hydrogen) atoms. The maximum atomic E-state index is 13.7. The molecule has 0 radical (unpaired) electrons. The van der Waals surface area contributed by atoms with Gasteiger partial charge in [0.15, 0.2) is 11.5 Å². The van der Waals surface area contributed by atoms with Crippen LogP contribution < -0.4 is 25.7 Å². The first kappa shape index (κ1) is 21.8. The molecule has 1 aromatic heterocycles. The molecule has 0 aliphatic rings. The van der Waals surface area contributed by atoms with Gasteiger partial charge in [-0.2, -0.15) is 0 Å². The summed E-state index contributed by atoms with van der Waals surface area (Å²) < 4.78 is 18.1. The molecular formula is C26H25N3O4. The average Bonchev–Trinajstić information content (AvgIpc) is 3.28. The van der Waals surface area contributed by atoms with Gasteiger partial charge in [0, 0.05) is 34.4 Å². The van der Waals surface area contributed by atoms with Gasteiger partial charge in [0.2, 0.25) is 11.5 Å². The lowest BCUT2D eigenvalue weighted by molar-refractivity contribution is 0.103. The minimum Gasteiger partial charge on any atom is -0.493 e. The highest BCUT2D eigenvalue weighted by Crippen LogP contribution is 2.39. The third-order valence-electron chi connectivity index (χ3n) is 5.37. The zero-order valence-electron chi connectivity index (χ0n) is 18.7. The number of nitrogens with two attached hydrogens (primary N) is 2. The van der Waals surface area contributed by atoms with E-state index in [0.29, 0.717) is 39.9 Å². The molecule has 0 fully saturated rings. The summed E-state index contributed by atoms with van der Waals surface area (Å²) in [6, 6.07) is 20.0. The number of benzene rings is 3. The van der Waals surface area contributed by atoms with Crippen molar-refractivity contribution >= 4 is 17.2 Å². The van der Waals surface area contributed by atoms with Crippen molar-refractivity contribution in [1.82, 2.24) is 4.57 Å². The Labute approximate surface area is 192 Å². The third-order valence-corrected chi connectivity index (χ3v) is 5.37. The van der Waals surface area contributed by atoms with Crippen LogP contribution in [-0.2, 0) is 0 Å². The largest absolute Gasteiger partial charge is 0.493 e. The number of carbonyl (C=O) groups is 1. The smallest absolute Gasteiger partial charge is 0.210 e. The number of rotatable bonds is 7. The molecule has 168 valence electrons. The van der Waals surface area contributed by atoms with Crippen molar-refractivity contribution in [2.45, 2.75) is 0 Å². The number of anilines is 2. The lowest BCUT2D eigenvalue weighted by atomic mass is 10.0. The number of methoxy groups -OCH3 is 3. The van der Waals surface area contributed by atoms with E-state index >= 15 is 0 Å². The van der Waals surface area contributed by atoms with E-state index in [0.717, 1.165) is 16.8 Å². The van der Waals surface area contributed by atoms with Crippen molar-refractivity contribution < 1.29 is 19.0 Å². The average molecular weight is 444 g/mol. The Balaban J connectivity index is 1.89. The molecule has 0 aliphatic carbocycles. The zero-order chi connectivity index (χ0) is 23.5. The van der Waals surface area contributed by atoms with Gasteiger partial charge < -0.3 is 30.2 Å².